The number of benzene rings is 1. The fourth-order valence-electron chi connectivity index (χ4n) is 1.76. The van der Waals surface area contributed by atoms with E-state index in [2.05, 4.69) is 0 Å². The molecule has 0 radical (unpaired) electrons. The van der Waals surface area contributed by atoms with Crippen LogP contribution in [0.5, 0.6) is 0 Å². The van der Waals surface area contributed by atoms with E-state index in [4.69, 9.17) is 0 Å². The fourth-order valence-corrected chi connectivity index (χ4v) is 2.82. The van der Waals surface area contributed by atoms with E-state index < -0.39 is 10.8 Å². The van der Waals surface area contributed by atoms with E-state index in [1.807, 2.05) is 4.90 Å². The summed E-state index contributed by atoms with van der Waals surface area (Å²) in [6.07, 6.45) is 0. The van der Waals surface area contributed by atoms with Crippen molar-refractivity contribution in [1.82, 2.24) is 0 Å². The second kappa shape index (κ2) is 4.61. The van der Waals surface area contributed by atoms with Crippen molar-refractivity contribution >= 4 is 22.2 Å². The number of nitro groups is 1. The van der Waals surface area contributed by atoms with Crippen molar-refractivity contribution in [2.45, 2.75) is 0 Å². The number of nitrogens with zero attached hydrogens (tertiary/aromatic N) is 2. The van der Waals surface area contributed by atoms with E-state index in [9.17, 15) is 14.3 Å². The van der Waals surface area contributed by atoms with Gasteiger partial charge in [0.15, 0.2) is 0 Å². The van der Waals surface area contributed by atoms with Crippen LogP contribution in [0.25, 0.3) is 0 Å². The van der Waals surface area contributed by atoms with Gasteiger partial charge in [0.05, 0.1) is 4.92 Å². The number of hydrogen-bond acceptors (Lipinski definition) is 4. The van der Waals surface area contributed by atoms with Crippen molar-refractivity contribution in [3.05, 3.63) is 34.4 Å². The predicted molar refractivity (Wildman–Crippen MR) is 63.2 cm³/mol. The summed E-state index contributed by atoms with van der Waals surface area (Å²) in [5, 5.41) is 10.8. The lowest BCUT2D eigenvalue weighted by Gasteiger charge is -2.27. The molecule has 0 N–H and O–H groups in total. The van der Waals surface area contributed by atoms with Gasteiger partial charge < -0.3 is 4.90 Å². The molecule has 86 valence electrons. The predicted octanol–water partition coefficient (Wildman–Crippen LogP) is 1.16. The molecule has 0 spiro atoms. The van der Waals surface area contributed by atoms with Crippen LogP contribution in [-0.4, -0.2) is 33.7 Å². The van der Waals surface area contributed by atoms with E-state index in [1.54, 1.807) is 18.2 Å². The lowest BCUT2D eigenvalue weighted by molar-refractivity contribution is -0.384. The van der Waals surface area contributed by atoms with Crippen LogP contribution in [0.1, 0.15) is 0 Å². The molecule has 1 aliphatic rings. The first-order chi connectivity index (χ1) is 7.68. The molecule has 0 saturated carbocycles. The van der Waals surface area contributed by atoms with Crippen molar-refractivity contribution in [3.8, 4) is 0 Å². The first-order valence-electron chi connectivity index (χ1n) is 5.02. The molecule has 1 aliphatic heterocycles. The number of nitro benzene ring substituents is 1. The summed E-state index contributed by atoms with van der Waals surface area (Å²) < 4.78 is 11.2. The summed E-state index contributed by atoms with van der Waals surface area (Å²) in [7, 11) is -0.764. The Morgan fingerprint density at radius 2 is 1.88 bits per heavy atom. The van der Waals surface area contributed by atoms with Gasteiger partial charge in [-0.2, -0.15) is 0 Å². The molecule has 1 saturated heterocycles. The molecule has 5 nitrogen and oxygen atoms in total. The number of para-hydroxylation sites is 2. The summed E-state index contributed by atoms with van der Waals surface area (Å²) in [6.45, 7) is 1.24. The molecule has 0 bridgehead atoms. The van der Waals surface area contributed by atoms with Crippen molar-refractivity contribution < 1.29 is 9.13 Å². The number of rotatable bonds is 2. The zero-order valence-electron chi connectivity index (χ0n) is 8.67. The lowest BCUT2D eigenvalue weighted by atomic mass is 10.2. The van der Waals surface area contributed by atoms with E-state index in [0.717, 1.165) is 0 Å². The normalized spacial score (nSPS) is 17.4. The first-order valence-corrected chi connectivity index (χ1v) is 6.50. The highest BCUT2D eigenvalue weighted by molar-refractivity contribution is 7.85. The molecule has 0 atom stereocenters. The van der Waals surface area contributed by atoms with E-state index in [0.29, 0.717) is 30.3 Å². The lowest BCUT2D eigenvalue weighted by Crippen LogP contribution is -2.38. The maximum Gasteiger partial charge on any atom is 0.292 e. The molecule has 2 rings (SSSR count). The van der Waals surface area contributed by atoms with Crippen LogP contribution in [0.15, 0.2) is 24.3 Å². The largest absolute Gasteiger partial charge is 0.364 e. The average Bonchev–Trinajstić information content (AvgIpc) is 2.30. The van der Waals surface area contributed by atoms with Crippen molar-refractivity contribution in [3.63, 3.8) is 0 Å². The molecule has 0 aromatic heterocycles. The maximum atomic E-state index is 11.2. The van der Waals surface area contributed by atoms with Gasteiger partial charge in [-0.25, -0.2) is 0 Å². The maximum absolute atomic E-state index is 11.2. The second-order valence-electron chi connectivity index (χ2n) is 3.58. The van der Waals surface area contributed by atoms with Crippen LogP contribution < -0.4 is 4.90 Å². The van der Waals surface area contributed by atoms with Crippen LogP contribution in [0.3, 0.4) is 0 Å². The van der Waals surface area contributed by atoms with Gasteiger partial charge in [-0.1, -0.05) is 12.1 Å². The van der Waals surface area contributed by atoms with E-state index in [1.165, 1.54) is 6.07 Å². The van der Waals surface area contributed by atoms with E-state index >= 15 is 0 Å². The van der Waals surface area contributed by atoms with Gasteiger partial charge in [0, 0.05) is 41.5 Å². The van der Waals surface area contributed by atoms with E-state index in [-0.39, 0.29) is 10.6 Å². The minimum atomic E-state index is -0.764. The minimum Gasteiger partial charge on any atom is -0.364 e. The third-order valence-electron chi connectivity index (χ3n) is 2.60. The fraction of sp³-hybridized carbons (Fsp3) is 0.400. The molecule has 1 aromatic rings. The second-order valence-corrected chi connectivity index (χ2v) is 5.28. The molecule has 0 aliphatic carbocycles. The molecule has 6 heteroatoms. The van der Waals surface area contributed by atoms with Crippen LogP contribution >= 0.6 is 0 Å². The number of anilines is 1. The SMILES string of the molecule is O=[N+]([O-])c1ccccc1N1CCS(=O)CC1. The summed E-state index contributed by atoms with van der Waals surface area (Å²) in [5.74, 6) is 1.18. The van der Waals surface area contributed by atoms with Gasteiger partial charge in [-0.05, 0) is 6.07 Å². The Kier molecular flexibility index (Phi) is 3.19. The van der Waals surface area contributed by atoms with Crippen molar-refractivity contribution in [2.24, 2.45) is 0 Å². The monoisotopic (exact) mass is 240 g/mol. The molecular weight excluding hydrogens is 228 g/mol. The zero-order chi connectivity index (χ0) is 11.5. The summed E-state index contributed by atoms with van der Waals surface area (Å²) in [4.78, 5) is 12.4. The molecule has 1 heterocycles. The van der Waals surface area contributed by atoms with Crippen molar-refractivity contribution in [2.75, 3.05) is 29.5 Å². The molecule has 0 unspecified atom stereocenters. The summed E-state index contributed by atoms with van der Waals surface area (Å²) in [5.41, 5.74) is 0.749. The quantitative estimate of drug-likeness (QED) is 0.575. The van der Waals surface area contributed by atoms with Crippen LogP contribution in [0.4, 0.5) is 11.4 Å². The highest BCUT2D eigenvalue weighted by Gasteiger charge is 2.22. The Morgan fingerprint density at radius 3 is 2.50 bits per heavy atom. The molecule has 1 fully saturated rings. The average molecular weight is 240 g/mol. The Bertz CT molecular complexity index is 426. The summed E-state index contributed by atoms with van der Waals surface area (Å²) >= 11 is 0. The first kappa shape index (κ1) is 11.1. The zero-order valence-corrected chi connectivity index (χ0v) is 9.48. The van der Waals surface area contributed by atoms with Crippen molar-refractivity contribution in [1.29, 1.82) is 0 Å². The van der Waals surface area contributed by atoms with Gasteiger partial charge in [0.25, 0.3) is 5.69 Å². The number of hydrogen-bond donors (Lipinski definition) is 0. The Labute approximate surface area is 95.7 Å². The topological polar surface area (TPSA) is 63.5 Å². The smallest absolute Gasteiger partial charge is 0.292 e. The molecule has 16 heavy (non-hydrogen) atoms. The molecule has 0 amide bonds. The minimum absolute atomic E-state index is 0.121. The van der Waals surface area contributed by atoms with Gasteiger partial charge in [-0.15, -0.1) is 0 Å². The van der Waals surface area contributed by atoms with Crippen LogP contribution in [-0.2, 0) is 10.8 Å². The van der Waals surface area contributed by atoms with Gasteiger partial charge in [0.2, 0.25) is 0 Å². The Hall–Kier alpha value is -1.43. The summed E-state index contributed by atoms with van der Waals surface area (Å²) in [6, 6.07) is 6.69. The van der Waals surface area contributed by atoms with Gasteiger partial charge in [-0.3, -0.25) is 14.3 Å². The highest BCUT2D eigenvalue weighted by atomic mass is 32.2. The van der Waals surface area contributed by atoms with Crippen LogP contribution in [0.2, 0.25) is 0 Å². The molecule has 1 aromatic carbocycles. The highest BCUT2D eigenvalue weighted by Crippen LogP contribution is 2.28. The van der Waals surface area contributed by atoms with Crippen LogP contribution in [0, 0.1) is 10.1 Å². The van der Waals surface area contributed by atoms with Gasteiger partial charge >= 0.3 is 0 Å². The Balaban J connectivity index is 2.26. The molecular formula is C10H12N2O3S. The standard InChI is InChI=1S/C10H12N2O3S/c13-12(14)10-4-2-1-3-9(10)11-5-7-16(15)8-6-11/h1-4H,5-8H2. The Morgan fingerprint density at radius 1 is 1.25 bits per heavy atom. The third kappa shape index (κ3) is 2.21. The third-order valence-corrected chi connectivity index (χ3v) is 3.87. The van der Waals surface area contributed by atoms with Gasteiger partial charge in [0.1, 0.15) is 5.69 Å².